The quantitative estimate of drug-likeness (QED) is 0.0619. The summed E-state index contributed by atoms with van der Waals surface area (Å²) in [7, 11) is 2.89. The Labute approximate surface area is 278 Å². The summed E-state index contributed by atoms with van der Waals surface area (Å²) in [5.74, 6) is 0.450. The summed E-state index contributed by atoms with van der Waals surface area (Å²) in [6, 6.07) is 17.1. The smallest absolute Gasteiger partial charge is 0.412 e. The monoisotopic (exact) mass is 674 g/mol. The Hall–Kier alpha value is -3.84. The summed E-state index contributed by atoms with van der Waals surface area (Å²) in [6.45, 7) is 2.08. The van der Waals surface area contributed by atoms with E-state index in [4.69, 9.17) is 19.0 Å². The molecule has 250 valence electrons. The van der Waals surface area contributed by atoms with E-state index in [2.05, 4.69) is 5.32 Å². The van der Waals surface area contributed by atoms with Crippen molar-refractivity contribution in [3.63, 3.8) is 0 Å². The van der Waals surface area contributed by atoms with Crippen LogP contribution in [0.4, 0.5) is 4.79 Å². The molecule has 3 unspecified atom stereocenters. The second kappa shape index (κ2) is 19.6. The van der Waals surface area contributed by atoms with Crippen molar-refractivity contribution in [3.8, 4) is 5.75 Å². The summed E-state index contributed by atoms with van der Waals surface area (Å²) in [6.07, 6.45) is 2.85. The highest BCUT2D eigenvalue weighted by atomic mass is 32.2. The van der Waals surface area contributed by atoms with Crippen molar-refractivity contribution in [1.82, 2.24) is 10.2 Å². The number of nitrogens with zero attached hydrogens (tertiary/aromatic N) is 2. The number of ether oxygens (including phenoxy) is 3. The molecule has 46 heavy (non-hydrogen) atoms. The molecule has 0 aliphatic rings. The van der Waals surface area contributed by atoms with Gasteiger partial charge in [-0.05, 0) is 60.6 Å². The van der Waals surface area contributed by atoms with Crippen LogP contribution in [0.25, 0.3) is 10.8 Å². The highest BCUT2D eigenvalue weighted by Crippen LogP contribution is 2.33. The van der Waals surface area contributed by atoms with E-state index in [1.165, 1.54) is 18.9 Å². The fourth-order valence-corrected chi connectivity index (χ4v) is 5.86. The van der Waals surface area contributed by atoms with Crippen LogP contribution in [-0.4, -0.2) is 79.4 Å². The first-order valence-corrected chi connectivity index (χ1v) is 17.6. The van der Waals surface area contributed by atoms with Gasteiger partial charge >= 0.3 is 12.1 Å². The van der Waals surface area contributed by atoms with Gasteiger partial charge in [-0.15, -0.1) is 11.3 Å². The first-order chi connectivity index (χ1) is 22.2. The van der Waals surface area contributed by atoms with E-state index in [0.29, 0.717) is 49.3 Å². The zero-order chi connectivity index (χ0) is 33.3. The molecule has 0 bridgehead atoms. The lowest BCUT2D eigenvalue weighted by molar-refractivity contribution is -0.784. The SMILES string of the molecule is CSCCC(NC(=O)CCCCCO[N+](C)=O)C(=O)OC(C)OC(=O)N(C)CCC(Oc1cccc2ccccc12)c1cccs1. The van der Waals surface area contributed by atoms with Gasteiger partial charge in [-0.2, -0.15) is 11.8 Å². The fourth-order valence-electron chi connectivity index (χ4n) is 4.60. The average Bonchev–Trinajstić information content (AvgIpc) is 3.57. The van der Waals surface area contributed by atoms with Crippen LogP contribution in [0.2, 0.25) is 0 Å². The molecule has 3 rings (SSSR count). The Bertz CT molecular complexity index is 1400. The van der Waals surface area contributed by atoms with Crippen LogP contribution in [0.5, 0.6) is 5.75 Å². The van der Waals surface area contributed by atoms with Crippen LogP contribution >= 0.6 is 23.1 Å². The van der Waals surface area contributed by atoms with Gasteiger partial charge in [0.1, 0.15) is 17.9 Å². The molecule has 0 aliphatic heterocycles. The Morgan fingerprint density at radius 3 is 2.52 bits per heavy atom. The molecule has 13 heteroatoms. The molecule has 0 fully saturated rings. The third-order valence-corrected chi connectivity index (χ3v) is 8.63. The van der Waals surface area contributed by atoms with E-state index >= 15 is 0 Å². The topological polar surface area (TPSA) is 123 Å². The van der Waals surface area contributed by atoms with Gasteiger partial charge < -0.3 is 24.4 Å². The molecular weight excluding hydrogens is 631 g/mol. The first-order valence-electron chi connectivity index (χ1n) is 15.3. The first kappa shape index (κ1) is 36.6. The zero-order valence-electron chi connectivity index (χ0n) is 26.8. The molecule has 0 saturated carbocycles. The molecule has 3 atom stereocenters. The van der Waals surface area contributed by atoms with Crippen LogP contribution in [0.1, 0.15) is 56.4 Å². The van der Waals surface area contributed by atoms with Crippen molar-refractivity contribution in [2.45, 2.75) is 63.9 Å². The normalized spacial score (nSPS) is 12.9. The third kappa shape index (κ3) is 12.5. The number of hydrogen-bond acceptors (Lipinski definition) is 10. The van der Waals surface area contributed by atoms with Crippen molar-refractivity contribution in [1.29, 1.82) is 0 Å². The molecular formula is C33H44N3O8S2+. The van der Waals surface area contributed by atoms with E-state index in [0.717, 1.165) is 21.4 Å². The number of amides is 2. The van der Waals surface area contributed by atoms with Gasteiger partial charge in [0.2, 0.25) is 24.2 Å². The molecule has 2 amide bonds. The standard InChI is InChI=1S/C33H43N3O8S2/c1-24(42-32(38)27(19-23-45-4)34-31(37)17-6-5-9-21-41-36(3)40)43-33(39)35(2)20-18-29(30-16-11-22-46-30)44-28-15-10-13-25-12-7-8-14-26(25)28/h7-8,10-16,22,24,27,29H,5-6,9,17-21,23H2,1-4H3/p+1. The molecule has 1 aromatic heterocycles. The maximum absolute atomic E-state index is 12.9. The third-order valence-electron chi connectivity index (χ3n) is 7.02. The Morgan fingerprint density at radius 1 is 1.00 bits per heavy atom. The van der Waals surface area contributed by atoms with Gasteiger partial charge in [-0.3, -0.25) is 4.79 Å². The fraction of sp³-hybridized carbons (Fsp3) is 0.485. The molecule has 0 spiro atoms. The maximum Gasteiger partial charge on any atom is 0.412 e. The average molecular weight is 675 g/mol. The molecule has 3 aromatic rings. The largest absolute Gasteiger partial charge is 0.484 e. The second-order valence-electron chi connectivity index (χ2n) is 10.7. The molecule has 1 heterocycles. The lowest BCUT2D eigenvalue weighted by Gasteiger charge is -2.25. The lowest BCUT2D eigenvalue weighted by Crippen LogP contribution is -2.44. The van der Waals surface area contributed by atoms with Gasteiger partial charge in [0.15, 0.2) is 6.61 Å². The Kier molecular flexibility index (Phi) is 15.6. The predicted octanol–water partition coefficient (Wildman–Crippen LogP) is 6.51. The second-order valence-corrected chi connectivity index (χ2v) is 12.6. The number of carbonyl (C=O) groups excluding carboxylic acids is 3. The zero-order valence-corrected chi connectivity index (χ0v) is 28.5. The minimum absolute atomic E-state index is 0.224. The predicted molar refractivity (Wildman–Crippen MR) is 180 cm³/mol. The minimum atomic E-state index is -1.16. The summed E-state index contributed by atoms with van der Waals surface area (Å²) < 4.78 is 17.3. The van der Waals surface area contributed by atoms with E-state index in [-0.39, 0.29) is 25.0 Å². The molecule has 0 radical (unpaired) electrons. The molecule has 11 nitrogen and oxygen atoms in total. The number of carbonyl (C=O) groups is 3. The number of fused-ring (bicyclic) bond motifs is 1. The van der Waals surface area contributed by atoms with E-state index in [1.807, 2.05) is 66.2 Å². The van der Waals surface area contributed by atoms with Gasteiger partial charge in [0, 0.05) is 43.6 Å². The van der Waals surface area contributed by atoms with Gasteiger partial charge in [-0.25, -0.2) is 14.4 Å². The number of benzene rings is 2. The molecule has 2 aromatic carbocycles. The Morgan fingerprint density at radius 2 is 1.78 bits per heavy atom. The highest BCUT2D eigenvalue weighted by molar-refractivity contribution is 7.98. The van der Waals surface area contributed by atoms with Crippen molar-refractivity contribution in [2.75, 3.05) is 39.3 Å². The molecule has 1 N–H and O–H groups in total. The van der Waals surface area contributed by atoms with Crippen molar-refractivity contribution < 1.29 is 38.4 Å². The van der Waals surface area contributed by atoms with Gasteiger partial charge in [-0.1, -0.05) is 42.5 Å². The Balaban J connectivity index is 1.49. The number of nitrogens with one attached hydrogen (secondary N) is 1. The van der Waals surface area contributed by atoms with Crippen LogP contribution in [0.15, 0.2) is 60.0 Å². The van der Waals surface area contributed by atoms with Crippen LogP contribution in [-0.2, 0) is 23.9 Å². The number of rotatable bonds is 20. The van der Waals surface area contributed by atoms with Crippen LogP contribution in [0.3, 0.4) is 0 Å². The molecule has 0 saturated heterocycles. The number of thiophene rings is 1. The van der Waals surface area contributed by atoms with Crippen LogP contribution < -0.4 is 10.1 Å². The number of hydrogen-bond donors (Lipinski definition) is 1. The van der Waals surface area contributed by atoms with Gasteiger partial charge in [0.05, 0.1) is 4.91 Å². The lowest BCUT2D eigenvalue weighted by atomic mass is 10.1. The highest BCUT2D eigenvalue weighted by Gasteiger charge is 2.26. The van der Waals surface area contributed by atoms with Crippen molar-refractivity contribution in [3.05, 3.63) is 69.8 Å². The van der Waals surface area contributed by atoms with E-state index < -0.39 is 24.4 Å². The minimum Gasteiger partial charge on any atom is -0.484 e. The molecule has 0 aliphatic carbocycles. The van der Waals surface area contributed by atoms with Crippen LogP contribution in [0, 0.1) is 4.91 Å². The number of unbranched alkanes of at least 4 members (excludes halogenated alkanes) is 2. The summed E-state index contributed by atoms with van der Waals surface area (Å²) in [5.41, 5.74) is 0. The van der Waals surface area contributed by atoms with E-state index in [9.17, 15) is 19.3 Å². The van der Waals surface area contributed by atoms with Crippen molar-refractivity contribution >= 4 is 51.8 Å². The number of esters is 1. The van der Waals surface area contributed by atoms with Gasteiger partial charge in [0.25, 0.3) is 0 Å². The summed E-state index contributed by atoms with van der Waals surface area (Å²) in [5, 5.41) is 6.82. The summed E-state index contributed by atoms with van der Waals surface area (Å²) in [4.78, 5) is 56.7. The van der Waals surface area contributed by atoms with E-state index in [1.54, 1.807) is 30.1 Å². The number of thioether (sulfide) groups is 1. The maximum atomic E-state index is 12.9. The van der Waals surface area contributed by atoms with Crippen molar-refractivity contribution in [2.24, 2.45) is 0 Å². The summed E-state index contributed by atoms with van der Waals surface area (Å²) >= 11 is 3.13.